The van der Waals surface area contributed by atoms with Crippen LogP contribution in [-0.4, -0.2) is 41.8 Å². The van der Waals surface area contributed by atoms with Gasteiger partial charge in [-0.25, -0.2) is 4.79 Å². The van der Waals surface area contributed by atoms with Crippen molar-refractivity contribution in [2.24, 2.45) is 0 Å². The minimum absolute atomic E-state index is 0.215. The number of ether oxygens (including phenoxy) is 2. The standard InChI is InChI=1S/C17H24N2O3/c1-16(2,3)22-15(20)19-10-8-17(9-11-19)12-18-13-6-4-5-7-14(13)21-17/h4-7,18H,8-12H2,1-3H3. The fourth-order valence-corrected chi connectivity index (χ4v) is 2.93. The lowest BCUT2D eigenvalue weighted by Crippen LogP contribution is -2.55. The Kier molecular flexibility index (Phi) is 3.67. The van der Waals surface area contributed by atoms with Gasteiger partial charge in [0.1, 0.15) is 17.0 Å². The van der Waals surface area contributed by atoms with E-state index in [4.69, 9.17) is 9.47 Å². The van der Waals surface area contributed by atoms with E-state index in [-0.39, 0.29) is 11.7 Å². The minimum Gasteiger partial charge on any atom is -0.483 e. The smallest absolute Gasteiger partial charge is 0.410 e. The molecule has 0 radical (unpaired) electrons. The SMILES string of the molecule is CC(C)(C)OC(=O)N1CCC2(CC1)CNc1ccccc1O2. The molecule has 1 N–H and O–H groups in total. The van der Waals surface area contributed by atoms with Crippen molar-refractivity contribution < 1.29 is 14.3 Å². The predicted molar refractivity (Wildman–Crippen MR) is 85.3 cm³/mol. The zero-order valence-corrected chi connectivity index (χ0v) is 13.5. The highest BCUT2D eigenvalue weighted by Crippen LogP contribution is 2.37. The molecule has 3 rings (SSSR count). The summed E-state index contributed by atoms with van der Waals surface area (Å²) in [5.74, 6) is 0.902. The number of para-hydroxylation sites is 2. The van der Waals surface area contributed by atoms with Crippen LogP contribution in [0.2, 0.25) is 0 Å². The van der Waals surface area contributed by atoms with Crippen molar-refractivity contribution in [3.8, 4) is 5.75 Å². The molecule has 5 heteroatoms. The van der Waals surface area contributed by atoms with Gasteiger partial charge in [0.25, 0.3) is 0 Å². The third kappa shape index (κ3) is 3.13. The fourth-order valence-electron chi connectivity index (χ4n) is 2.93. The van der Waals surface area contributed by atoms with Crippen LogP contribution < -0.4 is 10.1 Å². The van der Waals surface area contributed by atoms with E-state index in [1.165, 1.54) is 0 Å². The lowest BCUT2D eigenvalue weighted by Gasteiger charge is -2.44. The quantitative estimate of drug-likeness (QED) is 0.799. The number of hydrogen-bond acceptors (Lipinski definition) is 4. The molecule has 1 aromatic carbocycles. The van der Waals surface area contributed by atoms with Crippen LogP contribution in [0.25, 0.3) is 0 Å². The van der Waals surface area contributed by atoms with E-state index in [0.717, 1.165) is 30.8 Å². The second-order valence-corrected chi connectivity index (χ2v) is 7.10. The van der Waals surface area contributed by atoms with Gasteiger partial charge in [0, 0.05) is 25.9 Å². The predicted octanol–water partition coefficient (Wildman–Crippen LogP) is 3.26. The van der Waals surface area contributed by atoms with Gasteiger partial charge >= 0.3 is 6.09 Å². The molecule has 5 nitrogen and oxygen atoms in total. The van der Waals surface area contributed by atoms with Crippen molar-refractivity contribution in [1.29, 1.82) is 0 Å². The molecule has 0 saturated carbocycles. The molecule has 0 bridgehead atoms. The van der Waals surface area contributed by atoms with E-state index in [1.807, 2.05) is 45.0 Å². The molecule has 22 heavy (non-hydrogen) atoms. The van der Waals surface area contributed by atoms with Gasteiger partial charge in [0.2, 0.25) is 0 Å². The Balaban J connectivity index is 1.62. The van der Waals surface area contributed by atoms with Crippen molar-refractivity contribution in [2.75, 3.05) is 25.0 Å². The molecule has 2 heterocycles. The van der Waals surface area contributed by atoms with E-state index in [9.17, 15) is 4.79 Å². The summed E-state index contributed by atoms with van der Waals surface area (Å²) < 4.78 is 11.7. The maximum absolute atomic E-state index is 12.1. The summed E-state index contributed by atoms with van der Waals surface area (Å²) in [5, 5.41) is 3.45. The third-order valence-electron chi connectivity index (χ3n) is 4.14. The van der Waals surface area contributed by atoms with Gasteiger partial charge in [-0.05, 0) is 32.9 Å². The molecule has 0 aliphatic carbocycles. The molecule has 1 aromatic rings. The Hall–Kier alpha value is -1.91. The number of likely N-dealkylation sites (tertiary alicyclic amines) is 1. The Morgan fingerprint density at radius 3 is 2.64 bits per heavy atom. The zero-order chi connectivity index (χ0) is 15.8. The largest absolute Gasteiger partial charge is 0.483 e. The van der Waals surface area contributed by atoms with E-state index in [1.54, 1.807) is 4.90 Å². The molecule has 2 aliphatic rings. The van der Waals surface area contributed by atoms with Crippen LogP contribution in [0.5, 0.6) is 5.75 Å². The molecule has 0 aromatic heterocycles. The van der Waals surface area contributed by atoms with Crippen LogP contribution in [0.3, 0.4) is 0 Å². The van der Waals surface area contributed by atoms with Crippen molar-refractivity contribution >= 4 is 11.8 Å². The molecular formula is C17H24N2O3. The van der Waals surface area contributed by atoms with Crippen LogP contribution in [0.15, 0.2) is 24.3 Å². The van der Waals surface area contributed by atoms with Gasteiger partial charge in [-0.3, -0.25) is 0 Å². The number of nitrogens with zero attached hydrogens (tertiary/aromatic N) is 1. The van der Waals surface area contributed by atoms with Crippen molar-refractivity contribution in [1.82, 2.24) is 4.90 Å². The Labute approximate surface area is 131 Å². The van der Waals surface area contributed by atoms with Crippen LogP contribution in [0.4, 0.5) is 10.5 Å². The van der Waals surface area contributed by atoms with Crippen molar-refractivity contribution in [2.45, 2.75) is 44.8 Å². The number of nitrogens with one attached hydrogen (secondary N) is 1. The van der Waals surface area contributed by atoms with Crippen molar-refractivity contribution in [3.05, 3.63) is 24.3 Å². The lowest BCUT2D eigenvalue weighted by atomic mass is 9.89. The molecule has 1 fully saturated rings. The monoisotopic (exact) mass is 304 g/mol. The molecule has 1 amide bonds. The number of anilines is 1. The summed E-state index contributed by atoms with van der Waals surface area (Å²) in [6.45, 7) is 7.79. The Morgan fingerprint density at radius 1 is 1.27 bits per heavy atom. The molecule has 0 unspecified atom stereocenters. The molecule has 2 aliphatic heterocycles. The van der Waals surface area contributed by atoms with Gasteiger partial charge in [-0.1, -0.05) is 12.1 Å². The summed E-state index contributed by atoms with van der Waals surface area (Å²) in [6, 6.07) is 8.00. The molecule has 1 saturated heterocycles. The highest BCUT2D eigenvalue weighted by molar-refractivity contribution is 5.68. The summed E-state index contributed by atoms with van der Waals surface area (Å²) in [4.78, 5) is 13.9. The maximum Gasteiger partial charge on any atom is 0.410 e. The molecule has 1 spiro atoms. The number of hydrogen-bond donors (Lipinski definition) is 1. The highest BCUT2D eigenvalue weighted by Gasteiger charge is 2.41. The molecule has 0 atom stereocenters. The summed E-state index contributed by atoms with van der Waals surface area (Å²) in [5.41, 5.74) is 0.378. The second kappa shape index (κ2) is 5.38. The first-order valence-corrected chi connectivity index (χ1v) is 7.87. The average molecular weight is 304 g/mol. The topological polar surface area (TPSA) is 50.8 Å². The van der Waals surface area contributed by atoms with E-state index in [0.29, 0.717) is 13.1 Å². The molecule has 120 valence electrons. The van der Waals surface area contributed by atoms with Crippen LogP contribution in [0, 0.1) is 0 Å². The van der Waals surface area contributed by atoms with E-state index < -0.39 is 5.60 Å². The second-order valence-electron chi connectivity index (χ2n) is 7.10. The highest BCUT2D eigenvalue weighted by atomic mass is 16.6. The molecular weight excluding hydrogens is 280 g/mol. The Bertz CT molecular complexity index is 557. The maximum atomic E-state index is 12.1. The first kappa shape index (κ1) is 15.0. The summed E-state index contributed by atoms with van der Waals surface area (Å²) in [6.07, 6.45) is 1.40. The number of amides is 1. The number of piperidine rings is 1. The van der Waals surface area contributed by atoms with Gasteiger partial charge in [-0.15, -0.1) is 0 Å². The number of carbonyl (C=O) groups excluding carboxylic acids is 1. The number of fused-ring (bicyclic) bond motifs is 1. The zero-order valence-electron chi connectivity index (χ0n) is 13.5. The number of benzene rings is 1. The fraction of sp³-hybridized carbons (Fsp3) is 0.588. The van der Waals surface area contributed by atoms with Crippen LogP contribution >= 0.6 is 0 Å². The third-order valence-corrected chi connectivity index (χ3v) is 4.14. The van der Waals surface area contributed by atoms with Crippen molar-refractivity contribution in [3.63, 3.8) is 0 Å². The summed E-state index contributed by atoms with van der Waals surface area (Å²) >= 11 is 0. The lowest BCUT2D eigenvalue weighted by molar-refractivity contribution is -0.0144. The first-order valence-electron chi connectivity index (χ1n) is 7.87. The number of rotatable bonds is 0. The van der Waals surface area contributed by atoms with Gasteiger partial charge in [0.05, 0.1) is 12.2 Å². The average Bonchev–Trinajstić information content (AvgIpc) is 2.46. The normalized spacial score (nSPS) is 19.9. The first-order chi connectivity index (χ1) is 10.4. The number of carbonyl (C=O) groups is 1. The van der Waals surface area contributed by atoms with E-state index in [2.05, 4.69) is 5.32 Å². The van der Waals surface area contributed by atoms with Gasteiger partial charge < -0.3 is 19.7 Å². The summed E-state index contributed by atoms with van der Waals surface area (Å²) in [7, 11) is 0. The van der Waals surface area contributed by atoms with Gasteiger partial charge in [0.15, 0.2) is 0 Å². The minimum atomic E-state index is -0.450. The Morgan fingerprint density at radius 2 is 1.95 bits per heavy atom. The van der Waals surface area contributed by atoms with Crippen LogP contribution in [-0.2, 0) is 4.74 Å². The van der Waals surface area contributed by atoms with E-state index >= 15 is 0 Å². The van der Waals surface area contributed by atoms with Gasteiger partial charge in [-0.2, -0.15) is 0 Å². The van der Waals surface area contributed by atoms with Crippen LogP contribution in [0.1, 0.15) is 33.6 Å².